The molecule has 3 heterocycles. The van der Waals surface area contributed by atoms with E-state index in [1.54, 1.807) is 4.68 Å². The number of rotatable bonds is 4. The second-order valence-corrected chi connectivity index (χ2v) is 9.62. The van der Waals surface area contributed by atoms with Crippen LogP contribution in [0.25, 0.3) is 10.9 Å². The van der Waals surface area contributed by atoms with Crippen LogP contribution in [-0.4, -0.2) is 64.4 Å². The van der Waals surface area contributed by atoms with Crippen LogP contribution < -0.4 is 10.2 Å². The Morgan fingerprint density at radius 1 is 1.19 bits per heavy atom. The number of aryl methyl sites for hydroxylation is 1. The highest BCUT2D eigenvalue weighted by atomic mass is 16.6. The fraction of sp³-hybridized carbons (Fsp3) is 0.565. The van der Waals surface area contributed by atoms with Crippen molar-refractivity contribution in [2.24, 2.45) is 7.05 Å². The number of esters is 1. The zero-order chi connectivity index (χ0) is 23.0. The van der Waals surface area contributed by atoms with Gasteiger partial charge in [-0.1, -0.05) is 6.07 Å². The van der Waals surface area contributed by atoms with Gasteiger partial charge in [-0.25, -0.2) is 4.79 Å². The van der Waals surface area contributed by atoms with E-state index < -0.39 is 11.6 Å². The molecule has 9 nitrogen and oxygen atoms in total. The number of hydrogen-bond donors (Lipinski definition) is 1. The number of imide groups is 1. The summed E-state index contributed by atoms with van der Waals surface area (Å²) in [5, 5.41) is 7.81. The normalized spacial score (nSPS) is 18.8. The molecule has 1 aromatic carbocycles. The second kappa shape index (κ2) is 8.54. The molecule has 172 valence electrons. The molecule has 0 aliphatic carbocycles. The fourth-order valence-electron chi connectivity index (χ4n) is 4.46. The number of benzene rings is 1. The van der Waals surface area contributed by atoms with Gasteiger partial charge in [0, 0.05) is 25.4 Å². The van der Waals surface area contributed by atoms with Crippen LogP contribution in [0.1, 0.15) is 51.5 Å². The molecule has 32 heavy (non-hydrogen) atoms. The highest BCUT2D eigenvalue weighted by molar-refractivity contribution is 6.08. The van der Waals surface area contributed by atoms with Crippen LogP contribution in [0.2, 0.25) is 0 Å². The third-order valence-corrected chi connectivity index (χ3v) is 6.00. The topological polar surface area (TPSA) is 96.8 Å². The smallest absolute Gasteiger partial charge is 0.329 e. The summed E-state index contributed by atoms with van der Waals surface area (Å²) in [6.45, 7) is 8.00. The van der Waals surface area contributed by atoms with Crippen molar-refractivity contribution in [1.82, 2.24) is 20.0 Å². The van der Waals surface area contributed by atoms with E-state index in [1.807, 2.05) is 33.9 Å². The van der Waals surface area contributed by atoms with E-state index in [0.717, 1.165) is 36.8 Å². The summed E-state index contributed by atoms with van der Waals surface area (Å²) >= 11 is 0. The Morgan fingerprint density at radius 3 is 2.56 bits per heavy atom. The number of carbonyl (C=O) groups excluding carboxylic acids is 3. The monoisotopic (exact) mass is 441 g/mol. The zero-order valence-corrected chi connectivity index (χ0v) is 19.2. The molecule has 4 rings (SSSR count). The highest BCUT2D eigenvalue weighted by Gasteiger charge is 2.29. The first-order valence-electron chi connectivity index (χ1n) is 11.1. The van der Waals surface area contributed by atoms with Gasteiger partial charge in [-0.2, -0.15) is 5.10 Å². The third-order valence-electron chi connectivity index (χ3n) is 6.00. The maximum absolute atomic E-state index is 12.3. The summed E-state index contributed by atoms with van der Waals surface area (Å²) in [5.41, 5.74) is 1.73. The lowest BCUT2D eigenvalue weighted by Crippen LogP contribution is -2.49. The highest BCUT2D eigenvalue weighted by Crippen LogP contribution is 2.33. The van der Waals surface area contributed by atoms with Crippen LogP contribution >= 0.6 is 0 Å². The molecule has 0 spiro atoms. The van der Waals surface area contributed by atoms with Crippen molar-refractivity contribution >= 4 is 34.6 Å². The summed E-state index contributed by atoms with van der Waals surface area (Å²) in [5.74, 6) is 0.546. The summed E-state index contributed by atoms with van der Waals surface area (Å²) in [6, 6.07) is 5.84. The van der Waals surface area contributed by atoms with Crippen LogP contribution in [0.15, 0.2) is 18.2 Å². The van der Waals surface area contributed by atoms with E-state index in [2.05, 4.69) is 27.4 Å². The Kier molecular flexibility index (Phi) is 5.94. The van der Waals surface area contributed by atoms with Crippen molar-refractivity contribution in [3.05, 3.63) is 23.8 Å². The Balaban J connectivity index is 1.44. The molecular weight excluding hydrogens is 410 g/mol. The minimum atomic E-state index is -0.461. The van der Waals surface area contributed by atoms with Gasteiger partial charge in [0.15, 0.2) is 5.82 Å². The molecule has 9 heteroatoms. The van der Waals surface area contributed by atoms with E-state index >= 15 is 0 Å². The second-order valence-electron chi connectivity index (χ2n) is 9.62. The number of nitrogens with zero attached hydrogens (tertiary/aromatic N) is 4. The Bertz CT molecular complexity index is 1050. The first-order chi connectivity index (χ1) is 15.1. The summed E-state index contributed by atoms with van der Waals surface area (Å²) in [4.78, 5) is 39.5. The summed E-state index contributed by atoms with van der Waals surface area (Å²) in [6.07, 6.45) is 2.20. The number of nitrogens with one attached hydrogen (secondary N) is 1. The average molecular weight is 442 g/mol. The number of ether oxygens (including phenoxy) is 1. The largest absolute Gasteiger partial charge is 0.459 e. The van der Waals surface area contributed by atoms with E-state index in [1.165, 1.54) is 10.5 Å². The number of fused-ring (bicyclic) bond motifs is 1. The van der Waals surface area contributed by atoms with Gasteiger partial charge >= 0.3 is 12.0 Å². The van der Waals surface area contributed by atoms with Crippen molar-refractivity contribution in [3.8, 4) is 0 Å². The molecule has 0 saturated carbocycles. The molecule has 0 bridgehead atoms. The number of piperidine rings is 1. The third kappa shape index (κ3) is 4.77. The Morgan fingerprint density at radius 2 is 1.91 bits per heavy atom. The molecule has 2 aliphatic rings. The quantitative estimate of drug-likeness (QED) is 0.733. The molecular formula is C23H31N5O4. The van der Waals surface area contributed by atoms with E-state index in [4.69, 9.17) is 4.74 Å². The predicted octanol–water partition coefficient (Wildman–Crippen LogP) is 2.54. The first-order valence-corrected chi connectivity index (χ1v) is 11.1. The SMILES string of the molecule is Cn1nc(N2CCC(=O)NC2=O)c2ccc(C3CCN(CC(=O)OC(C)(C)C)CC3)cc21. The van der Waals surface area contributed by atoms with Gasteiger partial charge in [0.25, 0.3) is 0 Å². The van der Waals surface area contributed by atoms with Gasteiger partial charge in [-0.05, 0) is 70.3 Å². The van der Waals surface area contributed by atoms with Gasteiger partial charge in [-0.15, -0.1) is 0 Å². The van der Waals surface area contributed by atoms with Gasteiger partial charge in [0.05, 0.1) is 12.1 Å². The number of hydrogen-bond acceptors (Lipinski definition) is 6. The van der Waals surface area contributed by atoms with Crippen LogP contribution in [0.3, 0.4) is 0 Å². The van der Waals surface area contributed by atoms with Crippen molar-refractivity contribution in [2.45, 2.75) is 51.6 Å². The van der Waals surface area contributed by atoms with Crippen LogP contribution in [-0.2, 0) is 21.4 Å². The Labute approximate surface area is 187 Å². The predicted molar refractivity (Wildman–Crippen MR) is 120 cm³/mol. The number of likely N-dealkylation sites (tertiary alicyclic amines) is 1. The summed E-state index contributed by atoms with van der Waals surface area (Å²) < 4.78 is 7.22. The van der Waals surface area contributed by atoms with Crippen molar-refractivity contribution in [3.63, 3.8) is 0 Å². The molecule has 1 N–H and O–H groups in total. The minimum absolute atomic E-state index is 0.178. The average Bonchev–Trinajstić information content (AvgIpc) is 3.03. The van der Waals surface area contributed by atoms with Gasteiger partial charge < -0.3 is 4.74 Å². The molecule has 3 amide bonds. The number of amides is 3. The number of carbonyl (C=O) groups is 3. The van der Waals surface area contributed by atoms with E-state index in [9.17, 15) is 14.4 Å². The minimum Gasteiger partial charge on any atom is -0.459 e. The van der Waals surface area contributed by atoms with Crippen LogP contribution in [0, 0.1) is 0 Å². The van der Waals surface area contributed by atoms with Crippen molar-refractivity contribution < 1.29 is 19.1 Å². The molecule has 2 aliphatic heterocycles. The van der Waals surface area contributed by atoms with Gasteiger partial charge in [0.2, 0.25) is 5.91 Å². The standard InChI is InChI=1S/C23H31N5O4/c1-23(2,3)32-20(30)14-27-10-7-15(8-11-27)16-5-6-17-18(13-16)26(4)25-21(17)28-12-9-19(29)24-22(28)31/h5-6,13,15H,7-12,14H2,1-4H3,(H,24,29,31). The summed E-state index contributed by atoms with van der Waals surface area (Å²) in [7, 11) is 1.87. The molecule has 2 saturated heterocycles. The van der Waals surface area contributed by atoms with E-state index in [0.29, 0.717) is 24.8 Å². The lowest BCUT2D eigenvalue weighted by atomic mass is 9.89. The lowest BCUT2D eigenvalue weighted by molar-refractivity contribution is -0.156. The van der Waals surface area contributed by atoms with Crippen molar-refractivity contribution in [1.29, 1.82) is 0 Å². The maximum Gasteiger partial charge on any atom is 0.329 e. The fourth-order valence-corrected chi connectivity index (χ4v) is 4.46. The van der Waals surface area contributed by atoms with Crippen molar-refractivity contribution in [2.75, 3.05) is 31.1 Å². The van der Waals surface area contributed by atoms with Gasteiger partial charge in [0.1, 0.15) is 5.60 Å². The molecule has 2 aromatic rings. The zero-order valence-electron chi connectivity index (χ0n) is 19.2. The molecule has 0 radical (unpaired) electrons. The van der Waals surface area contributed by atoms with Gasteiger partial charge in [-0.3, -0.25) is 29.4 Å². The maximum atomic E-state index is 12.3. The molecule has 2 fully saturated rings. The number of urea groups is 1. The lowest BCUT2D eigenvalue weighted by Gasteiger charge is -2.32. The molecule has 1 aromatic heterocycles. The first kappa shape index (κ1) is 22.3. The number of anilines is 1. The molecule has 0 atom stereocenters. The van der Waals surface area contributed by atoms with Crippen LogP contribution in [0.5, 0.6) is 0 Å². The molecule has 0 unspecified atom stereocenters. The van der Waals surface area contributed by atoms with Crippen LogP contribution in [0.4, 0.5) is 10.6 Å². The van der Waals surface area contributed by atoms with E-state index in [-0.39, 0.29) is 18.3 Å². The Hall–Kier alpha value is -2.94. The number of aromatic nitrogens is 2.